The average molecular weight is 503 g/mol. The van der Waals surface area contributed by atoms with Crippen molar-refractivity contribution in [3.63, 3.8) is 0 Å². The summed E-state index contributed by atoms with van der Waals surface area (Å²) >= 11 is 0. The quantitative estimate of drug-likeness (QED) is 0.160. The van der Waals surface area contributed by atoms with Crippen molar-refractivity contribution >= 4 is 5.97 Å². The maximum atomic E-state index is 12.4. The van der Waals surface area contributed by atoms with Gasteiger partial charge in [-0.3, -0.25) is 4.79 Å². The molecule has 1 rings (SSSR count). The van der Waals surface area contributed by atoms with Crippen LogP contribution in [0.3, 0.4) is 0 Å². The summed E-state index contributed by atoms with van der Waals surface area (Å²) in [5.41, 5.74) is 3.00. The lowest BCUT2D eigenvalue weighted by molar-refractivity contribution is -0.143. The lowest BCUT2D eigenvalue weighted by atomic mass is 9.72. The van der Waals surface area contributed by atoms with E-state index in [0.717, 1.165) is 29.5 Å². The molecule has 0 unspecified atom stereocenters. The monoisotopic (exact) mass is 502 g/mol. The largest absolute Gasteiger partial charge is 0.508 e. The van der Waals surface area contributed by atoms with E-state index in [0.29, 0.717) is 25.2 Å². The van der Waals surface area contributed by atoms with Crippen molar-refractivity contribution in [2.75, 3.05) is 6.61 Å². The van der Waals surface area contributed by atoms with Crippen molar-refractivity contribution in [1.82, 2.24) is 0 Å². The molecule has 36 heavy (non-hydrogen) atoms. The molecule has 0 saturated carbocycles. The molecule has 0 heterocycles. The summed E-state index contributed by atoms with van der Waals surface area (Å²) in [5, 5.41) is 10.6. The van der Waals surface area contributed by atoms with Crippen molar-refractivity contribution < 1.29 is 14.6 Å². The lowest BCUT2D eigenvalue weighted by Crippen LogP contribution is -2.24. The minimum atomic E-state index is -0.170. The Morgan fingerprint density at radius 1 is 0.694 bits per heavy atom. The van der Waals surface area contributed by atoms with Gasteiger partial charge in [0.1, 0.15) is 5.75 Å². The number of ether oxygens (including phenoxy) is 1. The fourth-order valence-electron chi connectivity index (χ4n) is 5.25. The summed E-state index contributed by atoms with van der Waals surface area (Å²) < 4.78 is 5.53. The number of unbranched alkanes of at least 4 members (excludes halogenated alkanes) is 13. The van der Waals surface area contributed by atoms with Crippen LogP contribution in [0.15, 0.2) is 12.1 Å². The van der Waals surface area contributed by atoms with Gasteiger partial charge >= 0.3 is 5.97 Å². The van der Waals surface area contributed by atoms with Gasteiger partial charge in [0, 0.05) is 12.0 Å². The second-order valence-electron chi connectivity index (χ2n) is 12.8. The van der Waals surface area contributed by atoms with E-state index in [9.17, 15) is 9.90 Å². The van der Waals surface area contributed by atoms with Gasteiger partial charge in [-0.05, 0) is 40.9 Å². The van der Waals surface area contributed by atoms with Crippen molar-refractivity contribution in [2.24, 2.45) is 0 Å². The minimum absolute atomic E-state index is 0.116. The van der Waals surface area contributed by atoms with Gasteiger partial charge < -0.3 is 9.84 Å². The number of benzene rings is 1. The van der Waals surface area contributed by atoms with E-state index in [4.69, 9.17) is 4.74 Å². The van der Waals surface area contributed by atoms with Gasteiger partial charge in [-0.15, -0.1) is 0 Å². The molecule has 0 aliphatic heterocycles. The maximum absolute atomic E-state index is 12.4. The van der Waals surface area contributed by atoms with Gasteiger partial charge in [0.25, 0.3) is 0 Å². The van der Waals surface area contributed by atoms with E-state index < -0.39 is 0 Å². The molecule has 0 atom stereocenters. The summed E-state index contributed by atoms with van der Waals surface area (Å²) in [4.78, 5) is 12.4. The first-order valence-corrected chi connectivity index (χ1v) is 15.0. The average Bonchev–Trinajstić information content (AvgIpc) is 2.79. The van der Waals surface area contributed by atoms with Crippen LogP contribution in [0.5, 0.6) is 5.75 Å². The van der Waals surface area contributed by atoms with E-state index in [1.807, 2.05) is 6.07 Å². The third kappa shape index (κ3) is 13.2. The van der Waals surface area contributed by atoms with E-state index in [2.05, 4.69) is 48.5 Å². The summed E-state index contributed by atoms with van der Waals surface area (Å²) in [7, 11) is 0. The predicted molar refractivity (Wildman–Crippen MR) is 155 cm³/mol. The third-order valence-corrected chi connectivity index (χ3v) is 7.13. The van der Waals surface area contributed by atoms with Gasteiger partial charge in [-0.1, -0.05) is 138 Å². The number of esters is 1. The molecular weight excluding hydrogens is 444 g/mol. The van der Waals surface area contributed by atoms with E-state index >= 15 is 0 Å². The highest BCUT2D eigenvalue weighted by Gasteiger charge is 2.30. The number of carbonyl (C=O) groups is 1. The zero-order valence-corrected chi connectivity index (χ0v) is 24.9. The number of phenolic OH excluding ortho intramolecular Hbond substituents is 1. The first-order valence-electron chi connectivity index (χ1n) is 15.0. The SMILES string of the molecule is CCCCCCCCCCCCCCCCOC(=O)CCc1ccc(O)c(C(C)(C)C)c1C(C)(C)C. The van der Waals surface area contributed by atoms with Crippen LogP contribution in [-0.4, -0.2) is 17.7 Å². The number of carbonyl (C=O) groups excluding carboxylic acids is 1. The Morgan fingerprint density at radius 3 is 1.58 bits per heavy atom. The topological polar surface area (TPSA) is 46.5 Å². The summed E-state index contributed by atoms with van der Waals surface area (Å²) in [6.45, 7) is 15.7. The molecule has 0 aromatic heterocycles. The van der Waals surface area contributed by atoms with Crippen molar-refractivity contribution in [3.8, 4) is 5.75 Å². The first-order chi connectivity index (χ1) is 17.0. The number of aryl methyl sites for hydroxylation is 1. The van der Waals surface area contributed by atoms with Crippen LogP contribution < -0.4 is 0 Å². The Morgan fingerprint density at radius 2 is 1.14 bits per heavy atom. The fourth-order valence-corrected chi connectivity index (χ4v) is 5.25. The normalized spacial score (nSPS) is 12.2. The standard InChI is InChI=1S/C33H58O3/c1-8-9-10-11-12-13-14-15-16-17-18-19-20-21-26-36-29(35)25-23-27-22-24-28(34)31(33(5,6)7)30(27)32(2,3)4/h22,24,34H,8-21,23,25-26H2,1-7H3. The maximum Gasteiger partial charge on any atom is 0.306 e. The third-order valence-electron chi connectivity index (χ3n) is 7.13. The number of hydrogen-bond acceptors (Lipinski definition) is 3. The van der Waals surface area contributed by atoms with Crippen LogP contribution in [0.25, 0.3) is 0 Å². The van der Waals surface area contributed by atoms with Gasteiger partial charge in [0.2, 0.25) is 0 Å². The molecule has 3 nitrogen and oxygen atoms in total. The molecule has 3 heteroatoms. The number of phenols is 1. The Hall–Kier alpha value is -1.51. The van der Waals surface area contributed by atoms with E-state index in [-0.39, 0.29) is 16.8 Å². The molecule has 0 aliphatic rings. The molecule has 0 radical (unpaired) electrons. The molecule has 1 aromatic rings. The van der Waals surface area contributed by atoms with Gasteiger partial charge in [0.05, 0.1) is 6.61 Å². The van der Waals surface area contributed by atoms with Crippen molar-refractivity contribution in [2.45, 2.75) is 162 Å². The molecule has 0 spiro atoms. The summed E-state index contributed by atoms with van der Waals surface area (Å²) in [6, 6.07) is 3.76. The Kier molecular flexibility index (Phi) is 15.4. The van der Waals surface area contributed by atoms with Crippen molar-refractivity contribution in [3.05, 3.63) is 28.8 Å². The Balaban J connectivity index is 2.23. The van der Waals surface area contributed by atoms with Crippen LogP contribution >= 0.6 is 0 Å². The lowest BCUT2D eigenvalue weighted by Gasteiger charge is -2.33. The molecule has 1 N–H and O–H groups in total. The first kappa shape index (κ1) is 32.5. The molecule has 0 aliphatic carbocycles. The summed E-state index contributed by atoms with van der Waals surface area (Å²) in [5.74, 6) is 0.228. The molecule has 0 amide bonds. The zero-order valence-electron chi connectivity index (χ0n) is 24.9. The predicted octanol–water partition coefficient (Wildman–Crippen LogP) is 9.94. The molecular formula is C33H58O3. The van der Waals surface area contributed by atoms with Gasteiger partial charge in [0.15, 0.2) is 0 Å². The molecule has 0 bridgehead atoms. The molecule has 1 aromatic carbocycles. The number of rotatable bonds is 18. The van der Waals surface area contributed by atoms with Crippen LogP contribution in [-0.2, 0) is 26.8 Å². The van der Waals surface area contributed by atoms with Crippen LogP contribution in [0.2, 0.25) is 0 Å². The zero-order chi connectivity index (χ0) is 27.0. The highest BCUT2D eigenvalue weighted by atomic mass is 16.5. The number of aromatic hydroxyl groups is 1. The molecule has 0 fully saturated rings. The number of hydrogen-bond donors (Lipinski definition) is 1. The molecule has 208 valence electrons. The Labute approximate surface area is 223 Å². The van der Waals surface area contributed by atoms with E-state index in [1.165, 1.54) is 77.0 Å². The Bertz CT molecular complexity index is 737. The highest BCUT2D eigenvalue weighted by Crippen LogP contribution is 2.41. The fraction of sp³-hybridized carbons (Fsp3) is 0.788. The van der Waals surface area contributed by atoms with Crippen molar-refractivity contribution in [1.29, 1.82) is 0 Å². The highest BCUT2D eigenvalue weighted by molar-refractivity contribution is 5.70. The van der Waals surface area contributed by atoms with Gasteiger partial charge in [-0.25, -0.2) is 0 Å². The summed E-state index contributed by atoms with van der Waals surface area (Å²) in [6.07, 6.45) is 19.6. The second kappa shape index (κ2) is 17.1. The van der Waals surface area contributed by atoms with Crippen LogP contribution in [0, 0.1) is 0 Å². The van der Waals surface area contributed by atoms with Crippen LogP contribution in [0.4, 0.5) is 0 Å². The van der Waals surface area contributed by atoms with Gasteiger partial charge in [-0.2, -0.15) is 0 Å². The minimum Gasteiger partial charge on any atom is -0.508 e. The second-order valence-corrected chi connectivity index (χ2v) is 12.8. The van der Waals surface area contributed by atoms with E-state index in [1.54, 1.807) is 6.07 Å². The van der Waals surface area contributed by atoms with Crippen LogP contribution in [0.1, 0.15) is 161 Å². The smallest absolute Gasteiger partial charge is 0.306 e. The molecule has 0 saturated heterocycles.